The molecule has 1 rings (SSSR count). The van der Waals surface area contributed by atoms with Crippen LogP contribution in [0.25, 0.3) is 6.08 Å². The Morgan fingerprint density at radius 3 is 2.06 bits per heavy atom. The number of nitrogens with two attached hydrogens (primary N) is 1. The fraction of sp³-hybridized carbons (Fsp3) is 0.111. The molecule has 2 N–H and O–H groups in total. The van der Waals surface area contributed by atoms with Gasteiger partial charge in [0.15, 0.2) is 0 Å². The van der Waals surface area contributed by atoms with Crippen molar-refractivity contribution in [3.8, 4) is 0 Å². The van der Waals surface area contributed by atoms with E-state index in [4.69, 9.17) is 28.9 Å². The monoisotopic (exact) mass is 268 g/mol. The van der Waals surface area contributed by atoms with Gasteiger partial charge >= 0.3 is 6.98 Å². The number of rotatable bonds is 2. The number of anilines is 1. The Labute approximate surface area is 101 Å². The summed E-state index contributed by atoms with van der Waals surface area (Å²) < 4.78 is 37.0. The molecule has 1 nitrogen and oxygen atoms in total. The van der Waals surface area contributed by atoms with Crippen LogP contribution in [0.1, 0.15) is 12.5 Å². The van der Waals surface area contributed by atoms with Crippen LogP contribution in [-0.2, 0) is 0 Å². The summed E-state index contributed by atoms with van der Waals surface area (Å²) in [7, 11) is 0. The van der Waals surface area contributed by atoms with Gasteiger partial charge in [-0.15, -0.1) is 5.47 Å². The molecule has 16 heavy (non-hydrogen) atoms. The van der Waals surface area contributed by atoms with Crippen LogP contribution in [0.5, 0.6) is 0 Å². The topological polar surface area (TPSA) is 26.0 Å². The van der Waals surface area contributed by atoms with E-state index in [1.54, 1.807) is 0 Å². The molecular weight excluding hydrogens is 261 g/mol. The van der Waals surface area contributed by atoms with E-state index in [9.17, 15) is 12.9 Å². The van der Waals surface area contributed by atoms with Gasteiger partial charge in [-0.2, -0.15) is 0 Å². The molecule has 88 valence electrons. The van der Waals surface area contributed by atoms with Crippen LogP contribution in [0.2, 0.25) is 10.0 Å². The Morgan fingerprint density at radius 2 is 1.69 bits per heavy atom. The van der Waals surface area contributed by atoms with Gasteiger partial charge in [-0.25, -0.2) is 0 Å². The molecule has 7 heteroatoms. The SMILES string of the molecule is C/C(=C/c1cc(Cl)c(N)c(Cl)c1)[B-](F)(F)F. The molecule has 0 aliphatic heterocycles. The lowest BCUT2D eigenvalue weighted by Gasteiger charge is -2.15. The van der Waals surface area contributed by atoms with E-state index in [0.29, 0.717) is 0 Å². The smallest absolute Gasteiger partial charge is 0.445 e. The minimum absolute atomic E-state index is 0.140. The fourth-order valence-corrected chi connectivity index (χ4v) is 1.55. The molecule has 1 aromatic rings. The van der Waals surface area contributed by atoms with Crippen LogP contribution in [0.15, 0.2) is 17.6 Å². The zero-order valence-electron chi connectivity index (χ0n) is 8.28. The maximum absolute atomic E-state index is 12.3. The van der Waals surface area contributed by atoms with Crippen molar-refractivity contribution in [2.24, 2.45) is 0 Å². The summed E-state index contributed by atoms with van der Waals surface area (Å²) in [5.41, 5.74) is 5.24. The normalized spacial score (nSPS) is 13.0. The van der Waals surface area contributed by atoms with Crippen molar-refractivity contribution in [1.29, 1.82) is 0 Å². The van der Waals surface area contributed by atoms with Crippen LogP contribution in [0.4, 0.5) is 18.6 Å². The van der Waals surface area contributed by atoms with Gasteiger partial charge in [0.1, 0.15) is 0 Å². The number of hydrogen-bond acceptors (Lipinski definition) is 1. The molecule has 0 aliphatic rings. The van der Waals surface area contributed by atoms with E-state index in [0.717, 1.165) is 13.0 Å². The second kappa shape index (κ2) is 4.59. The van der Waals surface area contributed by atoms with E-state index in [2.05, 4.69) is 0 Å². The highest BCUT2D eigenvalue weighted by molar-refractivity contribution is 6.67. The molecule has 0 radical (unpaired) electrons. The van der Waals surface area contributed by atoms with Crippen molar-refractivity contribution in [2.75, 3.05) is 5.73 Å². The van der Waals surface area contributed by atoms with E-state index in [1.807, 2.05) is 0 Å². The first kappa shape index (κ1) is 13.3. The summed E-state index contributed by atoms with van der Waals surface area (Å²) in [4.78, 5) is 0. The van der Waals surface area contributed by atoms with Crippen molar-refractivity contribution >= 4 is 41.9 Å². The number of benzene rings is 1. The Bertz CT molecular complexity index is 420. The molecule has 0 fully saturated rings. The highest BCUT2D eigenvalue weighted by Crippen LogP contribution is 2.30. The van der Waals surface area contributed by atoms with Gasteiger partial charge in [-0.05, 0) is 17.7 Å². The summed E-state index contributed by atoms with van der Waals surface area (Å²) in [6.45, 7) is -3.99. The van der Waals surface area contributed by atoms with Crippen LogP contribution in [-0.4, -0.2) is 6.98 Å². The molecule has 0 amide bonds. The van der Waals surface area contributed by atoms with Crippen molar-refractivity contribution in [2.45, 2.75) is 6.92 Å². The Balaban J connectivity index is 3.17. The third-order valence-electron chi connectivity index (χ3n) is 2.01. The number of allylic oxidation sites excluding steroid dienone is 1. The Morgan fingerprint density at radius 1 is 1.25 bits per heavy atom. The molecule has 0 bridgehead atoms. The third kappa shape index (κ3) is 3.09. The second-order valence-electron chi connectivity index (χ2n) is 3.36. The summed E-state index contributed by atoms with van der Waals surface area (Å²) in [6, 6.07) is 2.68. The fourth-order valence-electron chi connectivity index (χ4n) is 1.04. The lowest BCUT2D eigenvalue weighted by molar-refractivity contribution is 0.491. The highest BCUT2D eigenvalue weighted by atomic mass is 35.5. The average Bonchev–Trinajstić information content (AvgIpc) is 2.12. The van der Waals surface area contributed by atoms with E-state index in [1.165, 1.54) is 12.1 Å². The molecule has 0 unspecified atom stereocenters. The Hall–Kier alpha value is -0.805. The van der Waals surface area contributed by atoms with Gasteiger partial charge in [-0.3, -0.25) is 0 Å². The molecule has 0 saturated carbocycles. The largest absolute Gasteiger partial charge is 0.505 e. The quantitative estimate of drug-likeness (QED) is 0.626. The maximum atomic E-state index is 12.3. The molecule has 0 aromatic heterocycles. The minimum atomic E-state index is -4.99. The van der Waals surface area contributed by atoms with Crippen LogP contribution in [0, 0.1) is 0 Å². The number of hydrogen-bond donors (Lipinski definition) is 1. The van der Waals surface area contributed by atoms with Crippen molar-refractivity contribution in [1.82, 2.24) is 0 Å². The first-order valence-electron chi connectivity index (χ1n) is 4.34. The van der Waals surface area contributed by atoms with Crippen LogP contribution < -0.4 is 5.73 Å². The third-order valence-corrected chi connectivity index (χ3v) is 2.64. The van der Waals surface area contributed by atoms with Gasteiger partial charge in [0, 0.05) is 0 Å². The summed E-state index contributed by atoms with van der Waals surface area (Å²) in [5.74, 6) is 0. The van der Waals surface area contributed by atoms with Crippen LogP contribution >= 0.6 is 23.2 Å². The van der Waals surface area contributed by atoms with Gasteiger partial charge in [0.05, 0.1) is 15.7 Å². The molecule has 0 heterocycles. The van der Waals surface area contributed by atoms with Gasteiger partial charge in [0.25, 0.3) is 0 Å². The van der Waals surface area contributed by atoms with E-state index < -0.39 is 12.4 Å². The predicted molar refractivity (Wildman–Crippen MR) is 63.6 cm³/mol. The Kier molecular flexibility index (Phi) is 3.81. The first-order valence-corrected chi connectivity index (χ1v) is 5.10. The van der Waals surface area contributed by atoms with Gasteiger partial charge in [-0.1, -0.05) is 36.2 Å². The minimum Gasteiger partial charge on any atom is -0.445 e. The highest BCUT2D eigenvalue weighted by Gasteiger charge is 2.24. The molecule has 0 saturated heterocycles. The summed E-state index contributed by atoms with van der Waals surface area (Å²) >= 11 is 11.4. The van der Waals surface area contributed by atoms with Gasteiger partial charge in [0.2, 0.25) is 0 Å². The van der Waals surface area contributed by atoms with E-state index in [-0.39, 0.29) is 21.3 Å². The van der Waals surface area contributed by atoms with Crippen molar-refractivity contribution in [3.05, 3.63) is 33.2 Å². The lowest BCUT2D eigenvalue weighted by Crippen LogP contribution is -2.16. The lowest BCUT2D eigenvalue weighted by atomic mass is 9.79. The molecule has 1 aromatic carbocycles. The van der Waals surface area contributed by atoms with Crippen LogP contribution in [0.3, 0.4) is 0 Å². The molecule has 0 spiro atoms. The maximum Gasteiger partial charge on any atom is 0.505 e. The predicted octanol–water partition coefficient (Wildman–Crippen LogP) is 4.37. The van der Waals surface area contributed by atoms with E-state index >= 15 is 0 Å². The first-order chi connectivity index (χ1) is 7.21. The average molecular weight is 269 g/mol. The van der Waals surface area contributed by atoms with Crippen molar-refractivity contribution < 1.29 is 12.9 Å². The van der Waals surface area contributed by atoms with Crippen molar-refractivity contribution in [3.63, 3.8) is 0 Å². The summed E-state index contributed by atoms with van der Waals surface area (Å²) in [6.07, 6.45) is 0.983. The standard InChI is InChI=1S/C9H8BCl2F3N/c1-5(10(13,14)15)2-6-3-7(11)9(16)8(12)4-6/h2-4H,16H2,1H3/q-1/b5-2-. The second-order valence-corrected chi connectivity index (χ2v) is 4.18. The number of nitrogen functional groups attached to an aromatic ring is 1. The molecular formula is C9H8BCl2F3N-. The van der Waals surface area contributed by atoms with Gasteiger partial charge < -0.3 is 18.7 Å². The molecule has 0 atom stereocenters. The zero-order valence-corrected chi connectivity index (χ0v) is 9.79. The summed E-state index contributed by atoms with van der Waals surface area (Å²) in [5, 5.41) is 0.280. The number of halogens is 5. The molecule has 0 aliphatic carbocycles. The zero-order chi connectivity index (χ0) is 12.5.